The number of ether oxygens (including phenoxy) is 1. The molecule has 0 unspecified atom stereocenters. The third-order valence-electron chi connectivity index (χ3n) is 4.09. The van der Waals surface area contributed by atoms with Crippen molar-refractivity contribution < 1.29 is 9.53 Å². The molecule has 1 amide bonds. The summed E-state index contributed by atoms with van der Waals surface area (Å²) in [6.07, 6.45) is 6.17. The molecule has 2 heterocycles. The van der Waals surface area contributed by atoms with Crippen molar-refractivity contribution in [1.29, 1.82) is 0 Å². The lowest BCUT2D eigenvalue weighted by Gasteiger charge is -2.30. The number of carbonyl (C=O) groups is 1. The van der Waals surface area contributed by atoms with E-state index in [2.05, 4.69) is 41.2 Å². The fraction of sp³-hybridized carbons (Fsp3) is 0.381. The van der Waals surface area contributed by atoms with Gasteiger partial charge in [0.15, 0.2) is 5.16 Å². The van der Waals surface area contributed by atoms with Gasteiger partial charge < -0.3 is 9.64 Å². The SMILES string of the molecule is Cc1ccc(C2=CCN(C(=O)OC(C)(C)C)CC2)c(Sc2ncccn2)c1. The van der Waals surface area contributed by atoms with Crippen molar-refractivity contribution in [2.24, 2.45) is 0 Å². The first-order valence-corrected chi connectivity index (χ1v) is 9.86. The first-order valence-electron chi connectivity index (χ1n) is 9.05. The third-order valence-corrected chi connectivity index (χ3v) is 5.04. The summed E-state index contributed by atoms with van der Waals surface area (Å²) < 4.78 is 5.47. The maximum atomic E-state index is 12.3. The topological polar surface area (TPSA) is 55.3 Å². The Bertz CT molecular complexity index is 844. The molecule has 0 saturated carbocycles. The van der Waals surface area contributed by atoms with Crippen LogP contribution in [0.2, 0.25) is 0 Å². The van der Waals surface area contributed by atoms with Gasteiger partial charge in [-0.15, -0.1) is 0 Å². The zero-order chi connectivity index (χ0) is 19.4. The summed E-state index contributed by atoms with van der Waals surface area (Å²) in [5.41, 5.74) is 3.15. The smallest absolute Gasteiger partial charge is 0.410 e. The van der Waals surface area contributed by atoms with Gasteiger partial charge in [-0.3, -0.25) is 0 Å². The van der Waals surface area contributed by atoms with Crippen molar-refractivity contribution in [3.05, 3.63) is 53.9 Å². The second kappa shape index (κ2) is 8.13. The van der Waals surface area contributed by atoms with Crippen LogP contribution in [0.25, 0.3) is 5.57 Å². The van der Waals surface area contributed by atoms with Gasteiger partial charge >= 0.3 is 6.09 Å². The lowest BCUT2D eigenvalue weighted by molar-refractivity contribution is 0.0270. The molecule has 1 aliphatic rings. The highest BCUT2D eigenvalue weighted by Crippen LogP contribution is 2.35. The largest absolute Gasteiger partial charge is 0.444 e. The highest BCUT2D eigenvalue weighted by molar-refractivity contribution is 7.99. The predicted octanol–water partition coefficient (Wildman–Crippen LogP) is 4.96. The third kappa shape index (κ3) is 5.32. The quantitative estimate of drug-likeness (QED) is 0.701. The Balaban J connectivity index is 1.78. The van der Waals surface area contributed by atoms with Gasteiger partial charge in [-0.2, -0.15) is 0 Å². The van der Waals surface area contributed by atoms with Crippen LogP contribution in [0.15, 0.2) is 52.8 Å². The number of carbonyl (C=O) groups excluding carboxylic acids is 1. The molecule has 0 atom stereocenters. The van der Waals surface area contributed by atoms with Crippen LogP contribution in [-0.4, -0.2) is 39.7 Å². The van der Waals surface area contributed by atoms with E-state index in [4.69, 9.17) is 4.74 Å². The fourth-order valence-corrected chi connectivity index (χ4v) is 3.80. The standard InChI is InChI=1S/C21H25N3O2S/c1-15-6-7-17(18(14-15)27-19-22-10-5-11-23-19)16-8-12-24(13-9-16)20(25)26-21(2,3)4/h5-8,10-11,14H,9,12-13H2,1-4H3. The number of benzene rings is 1. The maximum absolute atomic E-state index is 12.3. The fourth-order valence-electron chi connectivity index (χ4n) is 2.82. The zero-order valence-electron chi connectivity index (χ0n) is 16.2. The normalized spacial score (nSPS) is 14.7. The van der Waals surface area contributed by atoms with Crippen LogP contribution in [0.1, 0.15) is 38.3 Å². The summed E-state index contributed by atoms with van der Waals surface area (Å²) in [5.74, 6) is 0. The number of amides is 1. The predicted molar refractivity (Wildman–Crippen MR) is 108 cm³/mol. The highest BCUT2D eigenvalue weighted by atomic mass is 32.2. The Morgan fingerprint density at radius 1 is 1.22 bits per heavy atom. The summed E-state index contributed by atoms with van der Waals surface area (Å²) >= 11 is 1.57. The molecule has 27 heavy (non-hydrogen) atoms. The van der Waals surface area contributed by atoms with Crippen molar-refractivity contribution >= 4 is 23.4 Å². The van der Waals surface area contributed by atoms with Gasteiger partial charge in [0.1, 0.15) is 5.60 Å². The van der Waals surface area contributed by atoms with E-state index >= 15 is 0 Å². The molecule has 0 spiro atoms. The van der Waals surface area contributed by atoms with E-state index in [1.165, 1.54) is 16.7 Å². The van der Waals surface area contributed by atoms with Crippen molar-refractivity contribution in [2.45, 2.75) is 49.8 Å². The first kappa shape index (κ1) is 19.4. The molecule has 0 aliphatic carbocycles. The first-order chi connectivity index (χ1) is 12.8. The van der Waals surface area contributed by atoms with Gasteiger partial charge in [0, 0.05) is 30.4 Å². The molecule has 5 nitrogen and oxygen atoms in total. The summed E-state index contributed by atoms with van der Waals surface area (Å²) in [5, 5.41) is 0.733. The monoisotopic (exact) mass is 383 g/mol. The summed E-state index contributed by atoms with van der Waals surface area (Å²) in [4.78, 5) is 23.8. The molecule has 2 aromatic rings. The number of rotatable bonds is 3. The average Bonchev–Trinajstić information content (AvgIpc) is 2.61. The van der Waals surface area contributed by atoms with Crippen molar-refractivity contribution in [3.63, 3.8) is 0 Å². The molecule has 0 N–H and O–H groups in total. The van der Waals surface area contributed by atoms with E-state index in [1.807, 2.05) is 26.8 Å². The van der Waals surface area contributed by atoms with Crippen LogP contribution in [-0.2, 0) is 4.74 Å². The van der Waals surface area contributed by atoms with Crippen LogP contribution in [0, 0.1) is 6.92 Å². The minimum atomic E-state index is -0.475. The minimum Gasteiger partial charge on any atom is -0.444 e. The Kier molecular flexibility index (Phi) is 5.85. The molecule has 0 fully saturated rings. The molecule has 6 heteroatoms. The molecule has 0 bridgehead atoms. The van der Waals surface area contributed by atoms with E-state index in [0.29, 0.717) is 13.1 Å². The van der Waals surface area contributed by atoms with Gasteiger partial charge in [-0.05, 0) is 74.7 Å². The maximum Gasteiger partial charge on any atom is 0.410 e. The number of hydrogen-bond acceptors (Lipinski definition) is 5. The minimum absolute atomic E-state index is 0.256. The Labute approximate surface area is 164 Å². The molecule has 0 radical (unpaired) electrons. The highest BCUT2D eigenvalue weighted by Gasteiger charge is 2.24. The van der Waals surface area contributed by atoms with Gasteiger partial charge in [0.25, 0.3) is 0 Å². The van der Waals surface area contributed by atoms with Crippen LogP contribution in [0.4, 0.5) is 4.79 Å². The molecule has 142 valence electrons. The molecular formula is C21H25N3O2S. The Morgan fingerprint density at radius 3 is 2.59 bits per heavy atom. The molecule has 1 aromatic heterocycles. The zero-order valence-corrected chi connectivity index (χ0v) is 17.0. The Hall–Kier alpha value is -2.34. The van der Waals surface area contributed by atoms with Crippen LogP contribution in [0.3, 0.4) is 0 Å². The summed E-state index contributed by atoms with van der Waals surface area (Å²) in [7, 11) is 0. The van der Waals surface area contributed by atoms with Crippen molar-refractivity contribution in [3.8, 4) is 0 Å². The van der Waals surface area contributed by atoms with Crippen molar-refractivity contribution in [2.75, 3.05) is 13.1 Å². The number of hydrogen-bond donors (Lipinski definition) is 0. The summed E-state index contributed by atoms with van der Waals surface area (Å²) in [6.45, 7) is 8.95. The molecule has 3 rings (SSSR count). The van der Waals surface area contributed by atoms with Gasteiger partial charge in [-0.1, -0.05) is 18.2 Å². The molecular weight excluding hydrogens is 358 g/mol. The average molecular weight is 384 g/mol. The van der Waals surface area contributed by atoms with Crippen molar-refractivity contribution in [1.82, 2.24) is 14.9 Å². The molecule has 1 aliphatic heterocycles. The van der Waals surface area contributed by atoms with Crippen LogP contribution >= 0.6 is 11.8 Å². The van der Waals surface area contributed by atoms with E-state index in [9.17, 15) is 4.79 Å². The molecule has 0 saturated heterocycles. The lowest BCUT2D eigenvalue weighted by Crippen LogP contribution is -2.39. The van der Waals surface area contributed by atoms with Gasteiger partial charge in [0.2, 0.25) is 0 Å². The van der Waals surface area contributed by atoms with E-state index in [0.717, 1.165) is 16.5 Å². The number of nitrogens with zero attached hydrogens (tertiary/aromatic N) is 3. The van der Waals surface area contributed by atoms with Crippen LogP contribution in [0.5, 0.6) is 0 Å². The van der Waals surface area contributed by atoms with Crippen LogP contribution < -0.4 is 0 Å². The van der Waals surface area contributed by atoms with Gasteiger partial charge in [0.05, 0.1) is 0 Å². The van der Waals surface area contributed by atoms with E-state index in [1.54, 1.807) is 29.1 Å². The number of aryl methyl sites for hydroxylation is 1. The summed E-state index contributed by atoms with van der Waals surface area (Å²) in [6, 6.07) is 8.25. The molecule has 1 aromatic carbocycles. The van der Waals surface area contributed by atoms with Gasteiger partial charge in [-0.25, -0.2) is 14.8 Å². The van der Waals surface area contributed by atoms with E-state index < -0.39 is 5.60 Å². The van der Waals surface area contributed by atoms with E-state index in [-0.39, 0.29) is 6.09 Å². The second-order valence-electron chi connectivity index (χ2n) is 7.54. The Morgan fingerprint density at radius 2 is 1.96 bits per heavy atom. The number of aromatic nitrogens is 2. The lowest BCUT2D eigenvalue weighted by atomic mass is 9.98. The second-order valence-corrected chi connectivity index (χ2v) is 8.55.